The summed E-state index contributed by atoms with van der Waals surface area (Å²) in [6.45, 7) is 3.16. The van der Waals surface area contributed by atoms with E-state index in [1.807, 2.05) is 6.92 Å². The van der Waals surface area contributed by atoms with E-state index in [-0.39, 0.29) is 6.61 Å². The number of rotatable bonds is 4. The number of ether oxygens (including phenoxy) is 1. The summed E-state index contributed by atoms with van der Waals surface area (Å²) in [6.07, 6.45) is -3.36. The van der Waals surface area contributed by atoms with E-state index in [0.717, 1.165) is 13.3 Å². The minimum Gasteiger partial charge on any atom is -0.381 e. The summed E-state index contributed by atoms with van der Waals surface area (Å²) < 4.78 is 40.1. The molecule has 0 aromatic heterocycles. The Kier molecular flexibility index (Phi) is 4.49. The van der Waals surface area contributed by atoms with Crippen LogP contribution in [0.4, 0.5) is 13.2 Å². The van der Waals surface area contributed by atoms with Crippen LogP contribution in [-0.4, -0.2) is 19.4 Å². The van der Waals surface area contributed by atoms with Crippen LogP contribution in [0.2, 0.25) is 0 Å². The zero-order valence-electron chi connectivity index (χ0n) is 6.74. The van der Waals surface area contributed by atoms with Crippen molar-refractivity contribution in [2.75, 3.05) is 13.2 Å². The molecule has 0 heterocycles. The van der Waals surface area contributed by atoms with Crippen LogP contribution < -0.4 is 0 Å². The van der Waals surface area contributed by atoms with Gasteiger partial charge in [-0.1, -0.05) is 13.8 Å². The van der Waals surface area contributed by atoms with Crippen molar-refractivity contribution in [1.29, 1.82) is 0 Å². The second-order valence-corrected chi connectivity index (χ2v) is 2.52. The molecule has 0 aliphatic heterocycles. The van der Waals surface area contributed by atoms with Crippen LogP contribution in [0.1, 0.15) is 20.3 Å². The monoisotopic (exact) mass is 170 g/mol. The van der Waals surface area contributed by atoms with Gasteiger partial charge < -0.3 is 4.74 Å². The lowest BCUT2D eigenvalue weighted by atomic mass is 10.2. The molecule has 0 aliphatic carbocycles. The Balaban J connectivity index is 3.44. The molecule has 11 heavy (non-hydrogen) atoms. The van der Waals surface area contributed by atoms with Gasteiger partial charge in [-0.25, -0.2) is 0 Å². The van der Waals surface area contributed by atoms with Gasteiger partial charge in [0.05, 0.1) is 12.5 Å². The maximum absolute atomic E-state index is 11.8. The molecular formula is C7H13F3O. The third kappa shape index (κ3) is 5.07. The molecule has 0 aromatic rings. The summed E-state index contributed by atoms with van der Waals surface area (Å²) in [5, 5.41) is 0. The molecule has 4 heteroatoms. The molecule has 0 spiro atoms. The van der Waals surface area contributed by atoms with Gasteiger partial charge in [0.1, 0.15) is 0 Å². The van der Waals surface area contributed by atoms with Crippen molar-refractivity contribution >= 4 is 0 Å². The molecule has 0 saturated carbocycles. The van der Waals surface area contributed by atoms with Crippen LogP contribution in [-0.2, 0) is 4.74 Å². The molecular weight excluding hydrogens is 157 g/mol. The van der Waals surface area contributed by atoms with Crippen molar-refractivity contribution < 1.29 is 17.9 Å². The molecule has 0 rings (SSSR count). The second kappa shape index (κ2) is 4.59. The largest absolute Gasteiger partial charge is 0.393 e. The summed E-state index contributed by atoms with van der Waals surface area (Å²) >= 11 is 0. The zero-order chi connectivity index (χ0) is 8.91. The number of halogens is 3. The lowest BCUT2D eigenvalue weighted by Crippen LogP contribution is -2.24. The second-order valence-electron chi connectivity index (χ2n) is 2.52. The van der Waals surface area contributed by atoms with Crippen LogP contribution in [0.3, 0.4) is 0 Å². The predicted molar refractivity (Wildman–Crippen MR) is 36.3 cm³/mol. The Morgan fingerprint density at radius 1 is 1.36 bits per heavy atom. The normalized spacial score (nSPS) is 15.0. The van der Waals surface area contributed by atoms with E-state index in [1.165, 1.54) is 0 Å². The molecule has 1 atom stereocenters. The molecule has 0 bridgehead atoms. The molecule has 0 saturated heterocycles. The first-order valence-corrected chi connectivity index (χ1v) is 3.63. The highest BCUT2D eigenvalue weighted by molar-refractivity contribution is 4.60. The van der Waals surface area contributed by atoms with E-state index in [0.29, 0.717) is 6.61 Å². The summed E-state index contributed by atoms with van der Waals surface area (Å²) in [4.78, 5) is 0. The number of alkyl halides is 3. The summed E-state index contributed by atoms with van der Waals surface area (Å²) in [5.41, 5.74) is 0. The molecule has 1 nitrogen and oxygen atoms in total. The molecule has 0 N–H and O–H groups in total. The topological polar surface area (TPSA) is 9.23 Å². The maximum atomic E-state index is 11.8. The first-order valence-electron chi connectivity index (χ1n) is 3.63. The van der Waals surface area contributed by atoms with Crippen LogP contribution in [0.15, 0.2) is 0 Å². The quantitative estimate of drug-likeness (QED) is 0.589. The fourth-order valence-corrected chi connectivity index (χ4v) is 0.499. The van der Waals surface area contributed by atoms with Gasteiger partial charge in [-0.2, -0.15) is 13.2 Å². The van der Waals surface area contributed by atoms with Crippen molar-refractivity contribution in [3.63, 3.8) is 0 Å². The lowest BCUT2D eigenvalue weighted by molar-refractivity contribution is -0.182. The van der Waals surface area contributed by atoms with Gasteiger partial charge in [0, 0.05) is 6.61 Å². The summed E-state index contributed by atoms with van der Waals surface area (Å²) in [6, 6.07) is 0. The predicted octanol–water partition coefficient (Wildman–Crippen LogP) is 2.61. The number of hydrogen-bond donors (Lipinski definition) is 0. The minimum absolute atomic E-state index is 0.225. The Bertz CT molecular complexity index is 100. The summed E-state index contributed by atoms with van der Waals surface area (Å²) in [7, 11) is 0. The van der Waals surface area contributed by atoms with Crippen molar-refractivity contribution in [3.8, 4) is 0 Å². The van der Waals surface area contributed by atoms with Gasteiger partial charge >= 0.3 is 6.18 Å². The van der Waals surface area contributed by atoms with Crippen LogP contribution >= 0.6 is 0 Å². The van der Waals surface area contributed by atoms with Crippen molar-refractivity contribution in [3.05, 3.63) is 0 Å². The first kappa shape index (κ1) is 10.8. The zero-order valence-corrected chi connectivity index (χ0v) is 6.74. The molecule has 0 radical (unpaired) electrons. The Morgan fingerprint density at radius 3 is 2.27 bits per heavy atom. The van der Waals surface area contributed by atoms with Crippen molar-refractivity contribution in [1.82, 2.24) is 0 Å². The van der Waals surface area contributed by atoms with E-state index in [4.69, 9.17) is 4.74 Å². The first-order chi connectivity index (χ1) is 4.98. The molecule has 68 valence electrons. The highest BCUT2D eigenvalue weighted by Gasteiger charge is 2.35. The average Bonchev–Trinajstić information content (AvgIpc) is 1.86. The number of hydrogen-bond acceptors (Lipinski definition) is 1. The highest BCUT2D eigenvalue weighted by Crippen LogP contribution is 2.25. The highest BCUT2D eigenvalue weighted by atomic mass is 19.4. The minimum atomic E-state index is -4.12. The average molecular weight is 170 g/mol. The molecule has 0 aromatic carbocycles. The third-order valence-electron chi connectivity index (χ3n) is 1.28. The van der Waals surface area contributed by atoms with Gasteiger partial charge in [-0.15, -0.1) is 0 Å². The van der Waals surface area contributed by atoms with Gasteiger partial charge in [0.2, 0.25) is 0 Å². The third-order valence-corrected chi connectivity index (χ3v) is 1.28. The Hall–Kier alpha value is -0.250. The van der Waals surface area contributed by atoms with Crippen LogP contribution in [0, 0.1) is 5.92 Å². The smallest absolute Gasteiger partial charge is 0.381 e. The standard InChI is InChI=1S/C7H13F3O/c1-3-4-11-5-6(2)7(8,9)10/h6H,3-5H2,1-2H3/t6-/m1/s1. The van der Waals surface area contributed by atoms with Gasteiger partial charge in [-0.3, -0.25) is 0 Å². The molecule has 0 amide bonds. The van der Waals surface area contributed by atoms with Gasteiger partial charge in [-0.05, 0) is 6.42 Å². The SMILES string of the molecule is CCCOC[C@@H](C)C(F)(F)F. The Labute approximate surface area is 64.5 Å². The van der Waals surface area contributed by atoms with Crippen molar-refractivity contribution in [2.45, 2.75) is 26.4 Å². The lowest BCUT2D eigenvalue weighted by Gasteiger charge is -2.14. The summed E-state index contributed by atoms with van der Waals surface area (Å²) in [5.74, 6) is -1.35. The molecule has 0 fully saturated rings. The van der Waals surface area contributed by atoms with Gasteiger partial charge in [0.25, 0.3) is 0 Å². The van der Waals surface area contributed by atoms with E-state index < -0.39 is 12.1 Å². The molecule has 0 aliphatic rings. The maximum Gasteiger partial charge on any atom is 0.393 e. The fourth-order valence-electron chi connectivity index (χ4n) is 0.499. The van der Waals surface area contributed by atoms with Crippen molar-refractivity contribution in [2.24, 2.45) is 5.92 Å². The van der Waals surface area contributed by atoms with Crippen LogP contribution in [0.5, 0.6) is 0 Å². The Morgan fingerprint density at radius 2 is 1.91 bits per heavy atom. The van der Waals surface area contributed by atoms with Crippen LogP contribution in [0.25, 0.3) is 0 Å². The van der Waals surface area contributed by atoms with E-state index in [9.17, 15) is 13.2 Å². The van der Waals surface area contributed by atoms with E-state index >= 15 is 0 Å². The fraction of sp³-hybridized carbons (Fsp3) is 1.00. The van der Waals surface area contributed by atoms with Gasteiger partial charge in [0.15, 0.2) is 0 Å². The van der Waals surface area contributed by atoms with E-state index in [1.54, 1.807) is 0 Å². The van der Waals surface area contributed by atoms with E-state index in [2.05, 4.69) is 0 Å². The molecule has 0 unspecified atom stereocenters.